The van der Waals surface area contributed by atoms with E-state index in [1.807, 2.05) is 0 Å². The van der Waals surface area contributed by atoms with E-state index in [0.29, 0.717) is 35.1 Å². The lowest BCUT2D eigenvalue weighted by molar-refractivity contribution is 0.0468. The predicted molar refractivity (Wildman–Crippen MR) is 65.5 cm³/mol. The first-order valence-electron chi connectivity index (χ1n) is 4.79. The molecule has 0 saturated heterocycles. The van der Waals surface area contributed by atoms with E-state index in [1.54, 1.807) is 25.3 Å². The van der Waals surface area contributed by atoms with Gasteiger partial charge in [-0.05, 0) is 18.2 Å². The third kappa shape index (κ3) is 4.04. The van der Waals surface area contributed by atoms with Crippen molar-refractivity contribution < 1.29 is 14.3 Å². The highest BCUT2D eigenvalue weighted by Crippen LogP contribution is 2.20. The molecule has 0 saturated carbocycles. The van der Waals surface area contributed by atoms with Crippen LogP contribution in [0.25, 0.3) is 0 Å². The third-order valence-electron chi connectivity index (χ3n) is 1.90. The Balaban J connectivity index is 2.55. The zero-order chi connectivity index (χ0) is 12.0. The number of hydrogen-bond acceptors (Lipinski definition) is 4. The molecule has 88 valence electrons. The van der Waals surface area contributed by atoms with Crippen molar-refractivity contribution in [1.29, 1.82) is 0 Å². The van der Waals surface area contributed by atoms with Crippen LogP contribution < -0.4 is 0 Å². The number of thiol groups is 1. The molecule has 0 bridgehead atoms. The van der Waals surface area contributed by atoms with Crippen molar-refractivity contribution in [2.45, 2.75) is 11.3 Å². The van der Waals surface area contributed by atoms with Crippen molar-refractivity contribution in [3.63, 3.8) is 0 Å². The quantitative estimate of drug-likeness (QED) is 0.502. The number of rotatable bonds is 5. The first kappa shape index (κ1) is 13.4. The highest BCUT2D eigenvalue weighted by molar-refractivity contribution is 7.80. The van der Waals surface area contributed by atoms with Gasteiger partial charge in [-0.2, -0.15) is 0 Å². The summed E-state index contributed by atoms with van der Waals surface area (Å²) in [5.74, 6) is -0.433. The lowest BCUT2D eigenvalue weighted by Gasteiger charge is -2.06. The minimum absolute atomic E-state index is 0.319. The van der Waals surface area contributed by atoms with Gasteiger partial charge < -0.3 is 9.47 Å². The van der Waals surface area contributed by atoms with Gasteiger partial charge in [0.05, 0.1) is 17.2 Å². The van der Waals surface area contributed by atoms with Gasteiger partial charge in [-0.25, -0.2) is 4.79 Å². The molecule has 0 unspecified atom stereocenters. The monoisotopic (exact) mass is 260 g/mol. The molecule has 0 atom stereocenters. The fraction of sp³-hybridized carbons (Fsp3) is 0.364. The Morgan fingerprint density at radius 1 is 1.44 bits per heavy atom. The van der Waals surface area contributed by atoms with E-state index >= 15 is 0 Å². The number of ether oxygens (including phenoxy) is 2. The topological polar surface area (TPSA) is 35.5 Å². The molecule has 0 aliphatic carbocycles. The summed E-state index contributed by atoms with van der Waals surface area (Å²) in [5, 5.41) is 0.370. The summed E-state index contributed by atoms with van der Waals surface area (Å²) >= 11 is 10.0. The number of carbonyl (C=O) groups excluding carboxylic acids is 1. The summed E-state index contributed by atoms with van der Waals surface area (Å²) < 4.78 is 9.87. The van der Waals surface area contributed by atoms with Gasteiger partial charge in [0.25, 0.3) is 0 Å². The second kappa shape index (κ2) is 6.78. The van der Waals surface area contributed by atoms with Crippen LogP contribution in [-0.2, 0) is 9.47 Å². The molecule has 0 N–H and O–H groups in total. The molecule has 0 aromatic heterocycles. The Bertz CT molecular complexity index is 368. The SMILES string of the molecule is COCCCOC(=O)c1cc(S)ccc1Cl. The van der Waals surface area contributed by atoms with Crippen molar-refractivity contribution >= 4 is 30.2 Å². The summed E-state index contributed by atoms with van der Waals surface area (Å²) in [5.41, 5.74) is 0.339. The number of carbonyl (C=O) groups is 1. The van der Waals surface area contributed by atoms with Gasteiger partial charge in [-0.15, -0.1) is 12.6 Å². The fourth-order valence-electron chi connectivity index (χ4n) is 1.12. The molecular formula is C11H13ClO3S. The van der Waals surface area contributed by atoms with Crippen LogP contribution in [0.3, 0.4) is 0 Å². The highest BCUT2D eigenvalue weighted by atomic mass is 35.5. The Morgan fingerprint density at radius 3 is 2.88 bits per heavy atom. The van der Waals surface area contributed by atoms with E-state index in [2.05, 4.69) is 12.6 Å². The van der Waals surface area contributed by atoms with Crippen LogP contribution in [0.15, 0.2) is 23.1 Å². The third-order valence-corrected chi connectivity index (χ3v) is 2.50. The zero-order valence-corrected chi connectivity index (χ0v) is 10.6. The number of methoxy groups -OCH3 is 1. The summed E-state index contributed by atoms with van der Waals surface area (Å²) in [4.78, 5) is 12.3. The second-order valence-corrected chi connectivity index (χ2v) is 4.07. The van der Waals surface area contributed by atoms with Crippen LogP contribution in [-0.4, -0.2) is 26.3 Å². The smallest absolute Gasteiger partial charge is 0.339 e. The van der Waals surface area contributed by atoms with Gasteiger partial charge in [-0.3, -0.25) is 0 Å². The van der Waals surface area contributed by atoms with Gasteiger partial charge in [-0.1, -0.05) is 11.6 Å². The molecule has 0 aliphatic heterocycles. The standard InChI is InChI=1S/C11H13ClO3S/c1-14-5-2-6-15-11(13)9-7-8(16)3-4-10(9)12/h3-4,7,16H,2,5-6H2,1H3. The summed E-state index contributed by atoms with van der Waals surface area (Å²) in [6.45, 7) is 0.882. The van der Waals surface area contributed by atoms with E-state index < -0.39 is 5.97 Å². The molecule has 0 fully saturated rings. The fourth-order valence-corrected chi connectivity index (χ4v) is 1.51. The van der Waals surface area contributed by atoms with E-state index in [9.17, 15) is 4.79 Å². The largest absolute Gasteiger partial charge is 0.462 e. The van der Waals surface area contributed by atoms with Gasteiger partial charge >= 0.3 is 5.97 Å². The van der Waals surface area contributed by atoms with E-state index in [1.165, 1.54) is 0 Å². The average Bonchev–Trinajstić information content (AvgIpc) is 2.27. The normalized spacial score (nSPS) is 10.2. The molecule has 1 aromatic rings. The number of hydrogen-bond donors (Lipinski definition) is 1. The van der Waals surface area contributed by atoms with Gasteiger partial charge in [0.15, 0.2) is 0 Å². The molecule has 16 heavy (non-hydrogen) atoms. The van der Waals surface area contributed by atoms with Crippen LogP contribution in [0.5, 0.6) is 0 Å². The lowest BCUT2D eigenvalue weighted by Crippen LogP contribution is -2.08. The molecule has 1 rings (SSSR count). The van der Waals surface area contributed by atoms with Crippen molar-refractivity contribution in [2.75, 3.05) is 20.3 Å². The molecule has 1 aromatic carbocycles. The number of benzene rings is 1. The summed E-state index contributed by atoms with van der Waals surface area (Å²) in [7, 11) is 1.60. The molecule has 0 aliphatic rings. The van der Waals surface area contributed by atoms with Crippen molar-refractivity contribution in [2.24, 2.45) is 0 Å². The molecule has 0 spiro atoms. The Labute approximate surface area is 105 Å². The van der Waals surface area contributed by atoms with Crippen molar-refractivity contribution in [1.82, 2.24) is 0 Å². The average molecular weight is 261 g/mol. The van der Waals surface area contributed by atoms with Crippen LogP contribution in [0.4, 0.5) is 0 Å². The molecule has 0 heterocycles. The molecule has 5 heteroatoms. The highest BCUT2D eigenvalue weighted by Gasteiger charge is 2.11. The van der Waals surface area contributed by atoms with Crippen LogP contribution in [0.2, 0.25) is 5.02 Å². The van der Waals surface area contributed by atoms with Crippen molar-refractivity contribution in [3.05, 3.63) is 28.8 Å². The van der Waals surface area contributed by atoms with Crippen LogP contribution in [0, 0.1) is 0 Å². The van der Waals surface area contributed by atoms with E-state index in [-0.39, 0.29) is 0 Å². The maximum absolute atomic E-state index is 11.6. The van der Waals surface area contributed by atoms with Crippen molar-refractivity contribution in [3.8, 4) is 0 Å². The molecular weight excluding hydrogens is 248 g/mol. The molecule has 0 amide bonds. The number of esters is 1. The maximum atomic E-state index is 11.6. The zero-order valence-electron chi connectivity index (χ0n) is 8.90. The first-order valence-corrected chi connectivity index (χ1v) is 5.62. The van der Waals surface area contributed by atoms with Gasteiger partial charge in [0, 0.05) is 25.0 Å². The van der Waals surface area contributed by atoms with E-state index in [4.69, 9.17) is 21.1 Å². The Kier molecular flexibility index (Phi) is 5.66. The second-order valence-electron chi connectivity index (χ2n) is 3.15. The van der Waals surface area contributed by atoms with Crippen LogP contribution in [0.1, 0.15) is 16.8 Å². The Morgan fingerprint density at radius 2 is 2.19 bits per heavy atom. The molecule has 3 nitrogen and oxygen atoms in total. The minimum Gasteiger partial charge on any atom is -0.462 e. The first-order chi connectivity index (χ1) is 7.65. The van der Waals surface area contributed by atoms with Crippen LogP contribution >= 0.6 is 24.2 Å². The Hall–Kier alpha value is -0.710. The number of halogens is 1. The summed E-state index contributed by atoms with van der Waals surface area (Å²) in [6.07, 6.45) is 0.667. The van der Waals surface area contributed by atoms with Gasteiger partial charge in [0.2, 0.25) is 0 Å². The van der Waals surface area contributed by atoms with E-state index in [0.717, 1.165) is 0 Å². The van der Waals surface area contributed by atoms with Gasteiger partial charge in [0.1, 0.15) is 0 Å². The maximum Gasteiger partial charge on any atom is 0.339 e. The predicted octanol–water partition coefficient (Wildman–Crippen LogP) is 2.82. The lowest BCUT2D eigenvalue weighted by atomic mass is 10.2. The minimum atomic E-state index is -0.433. The molecule has 0 radical (unpaired) electrons. The summed E-state index contributed by atoms with van der Waals surface area (Å²) in [6, 6.07) is 4.92.